The van der Waals surface area contributed by atoms with Crippen molar-refractivity contribution in [2.45, 2.75) is 45.1 Å². The normalized spacial score (nSPS) is 17.0. The lowest BCUT2D eigenvalue weighted by Gasteiger charge is -2.34. The van der Waals surface area contributed by atoms with Crippen molar-refractivity contribution in [1.29, 1.82) is 0 Å². The van der Waals surface area contributed by atoms with Gasteiger partial charge in [-0.15, -0.1) is 0 Å². The molecule has 1 aliphatic carbocycles. The average molecular weight is 392 g/mol. The summed E-state index contributed by atoms with van der Waals surface area (Å²) < 4.78 is 0. The second-order valence-electron chi connectivity index (χ2n) is 8.09. The van der Waals surface area contributed by atoms with Gasteiger partial charge in [-0.1, -0.05) is 18.2 Å². The topological polar surface area (TPSA) is 53.5 Å². The van der Waals surface area contributed by atoms with E-state index in [1.165, 1.54) is 24.0 Å². The van der Waals surface area contributed by atoms with Gasteiger partial charge in [-0.25, -0.2) is 0 Å². The lowest BCUT2D eigenvalue weighted by molar-refractivity contribution is -0.133. The minimum absolute atomic E-state index is 0.0838. The number of pyridine rings is 1. The largest absolute Gasteiger partial charge is 0.340 e. The summed E-state index contributed by atoms with van der Waals surface area (Å²) in [6.45, 7) is 3.96. The van der Waals surface area contributed by atoms with Gasteiger partial charge in [-0.05, 0) is 55.0 Å². The number of Topliss-reactive ketones (excluding diaryl/α,β-unsaturated/α-hetero) is 1. The summed E-state index contributed by atoms with van der Waals surface area (Å²) >= 11 is 0. The predicted octanol–water partition coefficient (Wildman–Crippen LogP) is 3.27. The van der Waals surface area contributed by atoms with Crippen molar-refractivity contribution in [1.82, 2.24) is 14.8 Å². The average Bonchev–Trinajstić information content (AvgIpc) is 2.78. The Morgan fingerprint density at radius 1 is 0.897 bits per heavy atom. The molecule has 0 N–H and O–H groups in total. The van der Waals surface area contributed by atoms with Crippen LogP contribution in [-0.4, -0.2) is 52.7 Å². The van der Waals surface area contributed by atoms with Gasteiger partial charge in [0.25, 0.3) is 0 Å². The molecular formula is C24H29N3O2. The second kappa shape index (κ2) is 9.31. The predicted molar refractivity (Wildman–Crippen MR) is 113 cm³/mol. The molecule has 29 heavy (non-hydrogen) atoms. The highest BCUT2D eigenvalue weighted by Crippen LogP contribution is 2.23. The Hall–Kier alpha value is -2.53. The first kappa shape index (κ1) is 19.8. The highest BCUT2D eigenvalue weighted by Gasteiger charge is 2.22. The van der Waals surface area contributed by atoms with E-state index in [0.29, 0.717) is 12.8 Å². The third kappa shape index (κ3) is 5.10. The number of ketones is 1. The molecule has 1 aliphatic heterocycles. The van der Waals surface area contributed by atoms with Crippen LogP contribution in [0.2, 0.25) is 0 Å². The molecule has 0 spiro atoms. The van der Waals surface area contributed by atoms with E-state index in [2.05, 4.69) is 22.0 Å². The standard InChI is InChI=1S/C24H29N3O2/c28-23(21-9-8-19-5-1-2-6-20(19)17-21)10-11-24(29)27-15-13-26(14-16-27)18-22-7-3-4-12-25-22/h3-4,7-9,12,17H,1-2,5-6,10-11,13-16,18H2. The molecule has 1 amide bonds. The molecule has 0 saturated carbocycles. The van der Waals surface area contributed by atoms with Gasteiger partial charge < -0.3 is 4.90 Å². The summed E-state index contributed by atoms with van der Waals surface area (Å²) in [4.78, 5) is 33.8. The molecule has 1 fully saturated rings. The zero-order valence-corrected chi connectivity index (χ0v) is 17.0. The lowest BCUT2D eigenvalue weighted by atomic mass is 9.89. The summed E-state index contributed by atoms with van der Waals surface area (Å²) in [7, 11) is 0. The third-order valence-corrected chi connectivity index (χ3v) is 6.07. The fourth-order valence-corrected chi connectivity index (χ4v) is 4.31. The van der Waals surface area contributed by atoms with Gasteiger partial charge in [-0.2, -0.15) is 0 Å². The van der Waals surface area contributed by atoms with Crippen LogP contribution in [0.1, 0.15) is 52.9 Å². The number of piperazine rings is 1. The fourth-order valence-electron chi connectivity index (χ4n) is 4.31. The first-order valence-corrected chi connectivity index (χ1v) is 10.7. The van der Waals surface area contributed by atoms with E-state index in [4.69, 9.17) is 0 Å². The van der Waals surface area contributed by atoms with E-state index < -0.39 is 0 Å². The number of aryl methyl sites for hydroxylation is 2. The van der Waals surface area contributed by atoms with Gasteiger partial charge in [0.2, 0.25) is 5.91 Å². The summed E-state index contributed by atoms with van der Waals surface area (Å²) in [6, 6.07) is 12.0. The summed E-state index contributed by atoms with van der Waals surface area (Å²) in [5.41, 5.74) is 4.52. The van der Waals surface area contributed by atoms with Crippen molar-refractivity contribution < 1.29 is 9.59 Å². The van der Waals surface area contributed by atoms with Crippen molar-refractivity contribution in [2.24, 2.45) is 0 Å². The molecule has 0 bridgehead atoms. The molecule has 152 valence electrons. The number of rotatable bonds is 6. The van der Waals surface area contributed by atoms with Gasteiger partial charge in [0, 0.05) is 57.3 Å². The first-order chi connectivity index (χ1) is 14.2. The maximum atomic E-state index is 12.6. The monoisotopic (exact) mass is 391 g/mol. The van der Waals surface area contributed by atoms with Gasteiger partial charge in [0.15, 0.2) is 5.78 Å². The number of aromatic nitrogens is 1. The molecule has 2 heterocycles. The van der Waals surface area contributed by atoms with Crippen molar-refractivity contribution >= 4 is 11.7 Å². The van der Waals surface area contributed by atoms with Crippen LogP contribution < -0.4 is 0 Å². The smallest absolute Gasteiger partial charge is 0.223 e. The molecule has 5 heteroatoms. The molecule has 2 aliphatic rings. The molecule has 0 radical (unpaired) electrons. The van der Waals surface area contributed by atoms with Gasteiger partial charge >= 0.3 is 0 Å². The quantitative estimate of drug-likeness (QED) is 0.709. The molecular weight excluding hydrogens is 362 g/mol. The first-order valence-electron chi connectivity index (χ1n) is 10.7. The summed E-state index contributed by atoms with van der Waals surface area (Å²) in [5.74, 6) is 0.175. The van der Waals surface area contributed by atoms with Gasteiger partial charge in [-0.3, -0.25) is 19.5 Å². The molecule has 1 aromatic carbocycles. The number of benzene rings is 1. The highest BCUT2D eigenvalue weighted by atomic mass is 16.2. The van der Waals surface area contributed by atoms with Crippen molar-refractivity contribution in [3.63, 3.8) is 0 Å². The number of carbonyl (C=O) groups excluding carboxylic acids is 2. The number of hydrogen-bond donors (Lipinski definition) is 0. The Balaban J connectivity index is 1.23. The maximum Gasteiger partial charge on any atom is 0.223 e. The fraction of sp³-hybridized carbons (Fsp3) is 0.458. The van der Waals surface area contributed by atoms with E-state index >= 15 is 0 Å². The van der Waals surface area contributed by atoms with Crippen LogP contribution in [0.15, 0.2) is 42.6 Å². The molecule has 5 nitrogen and oxygen atoms in total. The molecule has 0 unspecified atom stereocenters. The van der Waals surface area contributed by atoms with E-state index in [0.717, 1.165) is 56.8 Å². The number of nitrogens with zero attached hydrogens (tertiary/aromatic N) is 3. The van der Waals surface area contributed by atoms with Crippen molar-refractivity contribution in [2.75, 3.05) is 26.2 Å². The van der Waals surface area contributed by atoms with Crippen LogP contribution >= 0.6 is 0 Å². The van der Waals surface area contributed by atoms with E-state index in [1.807, 2.05) is 35.4 Å². The highest BCUT2D eigenvalue weighted by molar-refractivity contribution is 5.98. The third-order valence-electron chi connectivity index (χ3n) is 6.07. The summed E-state index contributed by atoms with van der Waals surface area (Å²) in [5, 5.41) is 0. The number of hydrogen-bond acceptors (Lipinski definition) is 4. The Morgan fingerprint density at radius 3 is 2.45 bits per heavy atom. The van der Waals surface area contributed by atoms with E-state index in [9.17, 15) is 9.59 Å². The number of carbonyl (C=O) groups is 2. The minimum atomic E-state index is 0.0838. The molecule has 1 aromatic heterocycles. The summed E-state index contributed by atoms with van der Waals surface area (Å²) in [6.07, 6.45) is 7.04. The van der Waals surface area contributed by atoms with Crippen LogP contribution in [0.4, 0.5) is 0 Å². The minimum Gasteiger partial charge on any atom is -0.340 e. The van der Waals surface area contributed by atoms with Crippen molar-refractivity contribution in [3.05, 3.63) is 65.0 Å². The van der Waals surface area contributed by atoms with Crippen LogP contribution in [0.3, 0.4) is 0 Å². The molecule has 2 aromatic rings. The molecule has 4 rings (SSSR count). The van der Waals surface area contributed by atoms with Gasteiger partial charge in [0.05, 0.1) is 5.69 Å². The maximum absolute atomic E-state index is 12.6. The Morgan fingerprint density at radius 2 is 1.69 bits per heavy atom. The number of fused-ring (bicyclic) bond motifs is 1. The van der Waals surface area contributed by atoms with Crippen LogP contribution in [-0.2, 0) is 24.2 Å². The molecule has 0 atom stereocenters. The van der Waals surface area contributed by atoms with E-state index in [-0.39, 0.29) is 11.7 Å². The lowest BCUT2D eigenvalue weighted by Crippen LogP contribution is -2.48. The van der Waals surface area contributed by atoms with Gasteiger partial charge in [0.1, 0.15) is 0 Å². The molecule has 1 saturated heterocycles. The number of amides is 1. The second-order valence-corrected chi connectivity index (χ2v) is 8.09. The zero-order valence-electron chi connectivity index (χ0n) is 17.0. The van der Waals surface area contributed by atoms with Crippen LogP contribution in [0.5, 0.6) is 0 Å². The van der Waals surface area contributed by atoms with E-state index in [1.54, 1.807) is 0 Å². The Bertz CT molecular complexity index is 858. The Kier molecular flexibility index (Phi) is 6.35. The Labute approximate surface area is 172 Å². The van der Waals surface area contributed by atoms with Crippen LogP contribution in [0, 0.1) is 0 Å². The van der Waals surface area contributed by atoms with Crippen LogP contribution in [0.25, 0.3) is 0 Å². The zero-order chi connectivity index (χ0) is 20.1. The van der Waals surface area contributed by atoms with Crippen molar-refractivity contribution in [3.8, 4) is 0 Å². The SMILES string of the molecule is O=C(CCC(=O)N1CCN(Cc2ccccn2)CC1)c1ccc2c(c1)CCCC2.